The van der Waals surface area contributed by atoms with Crippen molar-refractivity contribution in [3.63, 3.8) is 0 Å². The second kappa shape index (κ2) is 7.74. The molecule has 1 aliphatic rings. The van der Waals surface area contributed by atoms with Gasteiger partial charge in [-0.1, -0.05) is 6.07 Å². The summed E-state index contributed by atoms with van der Waals surface area (Å²) in [6.45, 7) is 0.823. The average Bonchev–Trinajstić information content (AvgIpc) is 3.25. The zero-order valence-corrected chi connectivity index (χ0v) is 14.3. The highest BCUT2D eigenvalue weighted by Crippen LogP contribution is 2.22. The van der Waals surface area contributed by atoms with Gasteiger partial charge in [0.1, 0.15) is 17.7 Å². The van der Waals surface area contributed by atoms with E-state index in [0.717, 1.165) is 12.5 Å². The Morgan fingerprint density at radius 3 is 2.68 bits per heavy atom. The summed E-state index contributed by atoms with van der Waals surface area (Å²) in [7, 11) is 0. The lowest BCUT2D eigenvalue weighted by Gasteiger charge is -2.23. The van der Waals surface area contributed by atoms with E-state index in [1.807, 2.05) is 5.38 Å². The minimum Gasteiger partial charge on any atom is -0.354 e. The van der Waals surface area contributed by atoms with Crippen molar-refractivity contribution in [1.82, 2.24) is 10.2 Å². The number of hydrogen-bond acceptors (Lipinski definition) is 3. The molecule has 0 radical (unpaired) electrons. The number of nitrogens with zero attached hydrogens (tertiary/aromatic N) is 1. The molecule has 1 atom stereocenters. The molecule has 0 saturated carbocycles. The largest absolute Gasteiger partial charge is 0.354 e. The van der Waals surface area contributed by atoms with Crippen molar-refractivity contribution in [2.45, 2.75) is 25.3 Å². The van der Waals surface area contributed by atoms with Crippen LogP contribution in [0.3, 0.4) is 0 Å². The van der Waals surface area contributed by atoms with Gasteiger partial charge < -0.3 is 10.2 Å². The van der Waals surface area contributed by atoms with Crippen molar-refractivity contribution in [2.75, 3.05) is 13.1 Å². The molecule has 3 rings (SSSR count). The molecule has 1 aromatic heterocycles. The molecule has 132 valence electrons. The fraction of sp³-hybridized carbons (Fsp3) is 0.333. The number of thiophene rings is 1. The number of amides is 2. The minimum absolute atomic E-state index is 0.125. The Bertz CT molecular complexity index is 744. The summed E-state index contributed by atoms with van der Waals surface area (Å²) in [5.74, 6) is -1.62. The van der Waals surface area contributed by atoms with E-state index >= 15 is 0 Å². The third-order valence-corrected chi connectivity index (χ3v) is 5.04. The Morgan fingerprint density at radius 2 is 2.00 bits per heavy atom. The van der Waals surface area contributed by atoms with E-state index in [9.17, 15) is 18.4 Å². The number of carbonyl (C=O) groups is 2. The Balaban J connectivity index is 1.56. The predicted molar refractivity (Wildman–Crippen MR) is 91.4 cm³/mol. The van der Waals surface area contributed by atoms with E-state index in [0.29, 0.717) is 29.8 Å². The zero-order valence-electron chi connectivity index (χ0n) is 13.5. The van der Waals surface area contributed by atoms with Crippen LogP contribution in [0.1, 0.15) is 28.1 Å². The molecule has 1 aromatic carbocycles. The lowest BCUT2D eigenvalue weighted by molar-refractivity contribution is -0.124. The SMILES string of the molecule is O=C(NCCc1cc(F)cc(F)c1)[C@@H]1CCCN1C(=O)c1cccs1. The van der Waals surface area contributed by atoms with Gasteiger partial charge in [-0.2, -0.15) is 0 Å². The number of rotatable bonds is 5. The van der Waals surface area contributed by atoms with Gasteiger partial charge >= 0.3 is 0 Å². The summed E-state index contributed by atoms with van der Waals surface area (Å²) in [6.07, 6.45) is 1.73. The van der Waals surface area contributed by atoms with E-state index in [4.69, 9.17) is 0 Å². The first-order valence-corrected chi connectivity index (χ1v) is 9.00. The summed E-state index contributed by atoms with van der Waals surface area (Å²) in [5, 5.41) is 4.60. The fourth-order valence-corrected chi connectivity index (χ4v) is 3.71. The zero-order chi connectivity index (χ0) is 17.8. The van der Waals surface area contributed by atoms with Crippen LogP contribution in [-0.4, -0.2) is 35.8 Å². The van der Waals surface area contributed by atoms with Gasteiger partial charge in [-0.15, -0.1) is 11.3 Å². The van der Waals surface area contributed by atoms with Crippen LogP contribution < -0.4 is 5.32 Å². The highest BCUT2D eigenvalue weighted by atomic mass is 32.1. The molecule has 7 heteroatoms. The molecule has 1 aliphatic heterocycles. The van der Waals surface area contributed by atoms with Crippen LogP contribution in [0, 0.1) is 11.6 Å². The smallest absolute Gasteiger partial charge is 0.264 e. The standard InChI is InChI=1S/C18H18F2N2O2S/c19-13-9-12(10-14(20)11-13)5-6-21-17(23)15-3-1-7-22(15)18(24)16-4-2-8-25-16/h2,4,8-11,15H,1,3,5-7H2,(H,21,23)/t15-/m0/s1. The second-order valence-corrected chi connectivity index (χ2v) is 6.90. The van der Waals surface area contributed by atoms with Gasteiger partial charge in [0.25, 0.3) is 5.91 Å². The van der Waals surface area contributed by atoms with Gasteiger partial charge in [0, 0.05) is 19.2 Å². The van der Waals surface area contributed by atoms with Crippen LogP contribution >= 0.6 is 11.3 Å². The van der Waals surface area contributed by atoms with E-state index < -0.39 is 17.7 Å². The van der Waals surface area contributed by atoms with Crippen molar-refractivity contribution in [2.24, 2.45) is 0 Å². The van der Waals surface area contributed by atoms with E-state index in [1.165, 1.54) is 23.5 Å². The Morgan fingerprint density at radius 1 is 1.24 bits per heavy atom. The summed E-state index contributed by atoms with van der Waals surface area (Å²) in [4.78, 5) is 27.1. The maximum atomic E-state index is 13.2. The molecular weight excluding hydrogens is 346 g/mol. The van der Waals surface area contributed by atoms with Gasteiger partial charge in [0.2, 0.25) is 5.91 Å². The molecule has 4 nitrogen and oxygen atoms in total. The maximum Gasteiger partial charge on any atom is 0.264 e. The van der Waals surface area contributed by atoms with E-state index in [-0.39, 0.29) is 18.4 Å². The second-order valence-electron chi connectivity index (χ2n) is 5.95. The number of halogens is 2. The van der Waals surface area contributed by atoms with E-state index in [1.54, 1.807) is 17.0 Å². The van der Waals surface area contributed by atoms with E-state index in [2.05, 4.69) is 5.32 Å². The molecule has 0 spiro atoms. The topological polar surface area (TPSA) is 49.4 Å². The Hall–Kier alpha value is -2.28. The number of carbonyl (C=O) groups excluding carboxylic acids is 2. The van der Waals surface area contributed by atoms with Crippen molar-refractivity contribution in [3.8, 4) is 0 Å². The number of likely N-dealkylation sites (tertiary alicyclic amines) is 1. The molecule has 2 amide bonds. The van der Waals surface area contributed by atoms with Crippen molar-refractivity contribution in [3.05, 3.63) is 57.8 Å². The molecule has 2 heterocycles. The summed E-state index contributed by atoms with van der Waals surface area (Å²) < 4.78 is 26.3. The van der Waals surface area contributed by atoms with Crippen LogP contribution in [0.5, 0.6) is 0 Å². The maximum absolute atomic E-state index is 13.2. The molecule has 1 N–H and O–H groups in total. The fourth-order valence-electron chi connectivity index (χ4n) is 3.03. The molecule has 0 bridgehead atoms. The average molecular weight is 364 g/mol. The van der Waals surface area contributed by atoms with Crippen molar-refractivity contribution >= 4 is 23.2 Å². The summed E-state index contributed by atoms with van der Waals surface area (Å²) in [5.41, 5.74) is 0.482. The quantitative estimate of drug-likeness (QED) is 0.887. The van der Waals surface area contributed by atoms with Gasteiger partial charge in [-0.25, -0.2) is 8.78 Å². The highest BCUT2D eigenvalue weighted by Gasteiger charge is 2.34. The number of hydrogen-bond donors (Lipinski definition) is 1. The molecule has 25 heavy (non-hydrogen) atoms. The van der Waals surface area contributed by atoms with Crippen LogP contribution in [-0.2, 0) is 11.2 Å². The van der Waals surface area contributed by atoms with Gasteiger partial charge in [0.15, 0.2) is 0 Å². The highest BCUT2D eigenvalue weighted by molar-refractivity contribution is 7.12. The third-order valence-electron chi connectivity index (χ3n) is 4.18. The first kappa shape index (κ1) is 17.5. The molecule has 1 saturated heterocycles. The van der Waals surface area contributed by atoms with Crippen molar-refractivity contribution in [1.29, 1.82) is 0 Å². The first-order valence-electron chi connectivity index (χ1n) is 8.12. The normalized spacial score (nSPS) is 16.9. The number of benzene rings is 1. The molecule has 2 aromatic rings. The monoisotopic (exact) mass is 364 g/mol. The third kappa shape index (κ3) is 4.22. The molecule has 1 fully saturated rings. The predicted octanol–water partition coefficient (Wildman–Crippen LogP) is 2.99. The lowest BCUT2D eigenvalue weighted by atomic mass is 10.1. The summed E-state index contributed by atoms with van der Waals surface area (Å²) in [6, 6.07) is 6.38. The molecule has 0 aliphatic carbocycles. The number of nitrogens with one attached hydrogen (secondary N) is 1. The Kier molecular flexibility index (Phi) is 5.43. The van der Waals surface area contributed by atoms with Crippen LogP contribution in [0.15, 0.2) is 35.7 Å². The first-order chi connectivity index (χ1) is 12.0. The molecular formula is C18H18F2N2O2S. The van der Waals surface area contributed by atoms with Crippen LogP contribution in [0.4, 0.5) is 8.78 Å². The van der Waals surface area contributed by atoms with Crippen LogP contribution in [0.25, 0.3) is 0 Å². The van der Waals surface area contributed by atoms with Crippen molar-refractivity contribution < 1.29 is 18.4 Å². The van der Waals surface area contributed by atoms with Gasteiger partial charge in [-0.3, -0.25) is 9.59 Å². The summed E-state index contributed by atoms with van der Waals surface area (Å²) >= 11 is 1.36. The Labute approximate surface area is 148 Å². The minimum atomic E-state index is -0.634. The van der Waals surface area contributed by atoms with Crippen LogP contribution in [0.2, 0.25) is 0 Å². The lowest BCUT2D eigenvalue weighted by Crippen LogP contribution is -2.46. The molecule has 0 unspecified atom stereocenters. The van der Waals surface area contributed by atoms with Gasteiger partial charge in [-0.05, 0) is 48.4 Å². The van der Waals surface area contributed by atoms with Gasteiger partial charge in [0.05, 0.1) is 4.88 Å².